The van der Waals surface area contributed by atoms with Gasteiger partial charge in [-0.15, -0.1) is 0 Å². The van der Waals surface area contributed by atoms with Crippen molar-refractivity contribution in [3.05, 3.63) is 107 Å². The third-order valence-corrected chi connectivity index (χ3v) is 4.95. The molecule has 0 heterocycles. The average molecular weight is 407 g/mol. The van der Waals surface area contributed by atoms with Crippen LogP contribution in [0.3, 0.4) is 0 Å². The summed E-state index contributed by atoms with van der Waals surface area (Å²) in [5, 5.41) is 5.98. The molecule has 0 spiro atoms. The van der Waals surface area contributed by atoms with E-state index in [-0.39, 0.29) is 12.5 Å². The molecular weight excluding hydrogens is 384 g/mol. The van der Waals surface area contributed by atoms with Gasteiger partial charge in [0.05, 0.1) is 0 Å². The SMILES string of the molecule is O=C(NCCC(c1ccccc1)c1ccccc1)C(=O)NCc1ccc(Cl)cc1. The van der Waals surface area contributed by atoms with Crippen molar-refractivity contribution < 1.29 is 9.59 Å². The molecule has 0 aliphatic rings. The van der Waals surface area contributed by atoms with Crippen LogP contribution in [-0.2, 0) is 16.1 Å². The second-order valence-corrected chi connectivity index (χ2v) is 7.16. The van der Waals surface area contributed by atoms with E-state index in [0.29, 0.717) is 18.0 Å². The normalized spacial score (nSPS) is 10.6. The Kier molecular flexibility index (Phi) is 7.42. The maximum atomic E-state index is 12.1. The van der Waals surface area contributed by atoms with E-state index >= 15 is 0 Å². The maximum absolute atomic E-state index is 12.1. The predicted molar refractivity (Wildman–Crippen MR) is 116 cm³/mol. The van der Waals surface area contributed by atoms with Gasteiger partial charge in [-0.25, -0.2) is 0 Å². The molecule has 4 nitrogen and oxygen atoms in total. The fourth-order valence-corrected chi connectivity index (χ4v) is 3.30. The molecule has 0 aliphatic carbocycles. The van der Waals surface area contributed by atoms with Gasteiger partial charge in [0.15, 0.2) is 0 Å². The lowest BCUT2D eigenvalue weighted by atomic mass is 9.88. The van der Waals surface area contributed by atoms with E-state index in [1.165, 1.54) is 11.1 Å². The van der Waals surface area contributed by atoms with Crippen molar-refractivity contribution in [2.75, 3.05) is 6.54 Å². The number of halogens is 1. The van der Waals surface area contributed by atoms with Crippen LogP contribution < -0.4 is 10.6 Å². The number of carbonyl (C=O) groups excluding carboxylic acids is 2. The fraction of sp³-hybridized carbons (Fsp3) is 0.167. The molecule has 0 saturated heterocycles. The Morgan fingerprint density at radius 2 is 1.24 bits per heavy atom. The molecule has 5 heteroatoms. The highest BCUT2D eigenvalue weighted by Gasteiger charge is 2.16. The summed E-state index contributed by atoms with van der Waals surface area (Å²) in [5.41, 5.74) is 3.24. The van der Waals surface area contributed by atoms with Crippen LogP contribution in [0.5, 0.6) is 0 Å². The molecule has 0 aliphatic heterocycles. The molecule has 0 fully saturated rings. The number of hydrogen-bond acceptors (Lipinski definition) is 2. The van der Waals surface area contributed by atoms with Gasteiger partial charge in [0.1, 0.15) is 0 Å². The summed E-state index contributed by atoms with van der Waals surface area (Å²) in [7, 11) is 0. The number of hydrogen-bond donors (Lipinski definition) is 2. The van der Waals surface area contributed by atoms with Crippen LogP contribution in [0.1, 0.15) is 29.0 Å². The largest absolute Gasteiger partial charge is 0.348 e. The fourth-order valence-electron chi connectivity index (χ4n) is 3.17. The van der Waals surface area contributed by atoms with E-state index in [4.69, 9.17) is 11.6 Å². The average Bonchev–Trinajstić information content (AvgIpc) is 2.77. The zero-order chi connectivity index (χ0) is 20.5. The Bertz CT molecular complexity index is 889. The second-order valence-electron chi connectivity index (χ2n) is 6.73. The first kappa shape index (κ1) is 20.6. The Morgan fingerprint density at radius 1 is 0.724 bits per heavy atom. The molecule has 3 rings (SSSR count). The molecule has 3 aromatic carbocycles. The number of carbonyl (C=O) groups is 2. The topological polar surface area (TPSA) is 58.2 Å². The summed E-state index contributed by atoms with van der Waals surface area (Å²) < 4.78 is 0. The lowest BCUT2D eigenvalue weighted by Gasteiger charge is -2.18. The molecule has 0 saturated carbocycles. The molecular formula is C24H23ClN2O2. The van der Waals surface area contributed by atoms with Crippen LogP contribution in [-0.4, -0.2) is 18.4 Å². The summed E-state index contributed by atoms with van der Waals surface area (Å²) in [5.74, 6) is -1.12. The summed E-state index contributed by atoms with van der Waals surface area (Å²) in [4.78, 5) is 24.2. The highest BCUT2D eigenvalue weighted by Crippen LogP contribution is 2.27. The van der Waals surface area contributed by atoms with E-state index in [9.17, 15) is 9.59 Å². The van der Waals surface area contributed by atoms with Crippen LogP contribution >= 0.6 is 11.6 Å². The van der Waals surface area contributed by atoms with E-state index in [0.717, 1.165) is 5.56 Å². The molecule has 29 heavy (non-hydrogen) atoms. The van der Waals surface area contributed by atoms with E-state index < -0.39 is 11.8 Å². The van der Waals surface area contributed by atoms with Gasteiger partial charge in [0.2, 0.25) is 0 Å². The van der Waals surface area contributed by atoms with Crippen LogP contribution in [0.4, 0.5) is 0 Å². The molecule has 2 N–H and O–H groups in total. The van der Waals surface area contributed by atoms with Crippen LogP contribution in [0.15, 0.2) is 84.9 Å². The Hall–Kier alpha value is -3.11. The van der Waals surface area contributed by atoms with Crippen LogP contribution in [0.2, 0.25) is 5.02 Å². The minimum atomic E-state index is -0.643. The van der Waals surface area contributed by atoms with Gasteiger partial charge in [-0.05, 0) is 35.2 Å². The molecule has 2 amide bonds. The number of rotatable bonds is 7. The predicted octanol–water partition coefficient (Wildman–Crippen LogP) is 4.29. The Labute approximate surface area is 175 Å². The van der Waals surface area contributed by atoms with Crippen molar-refractivity contribution in [3.8, 4) is 0 Å². The Balaban J connectivity index is 1.53. The molecule has 0 bridgehead atoms. The third-order valence-electron chi connectivity index (χ3n) is 4.70. The summed E-state index contributed by atoms with van der Waals surface area (Å²) >= 11 is 5.84. The highest BCUT2D eigenvalue weighted by molar-refractivity contribution is 6.35. The van der Waals surface area contributed by atoms with Gasteiger partial charge < -0.3 is 10.6 Å². The van der Waals surface area contributed by atoms with Gasteiger partial charge in [-0.1, -0.05) is 84.4 Å². The van der Waals surface area contributed by atoms with Crippen molar-refractivity contribution in [2.24, 2.45) is 0 Å². The Morgan fingerprint density at radius 3 is 1.79 bits per heavy atom. The van der Waals surface area contributed by atoms with Gasteiger partial charge in [0.25, 0.3) is 0 Å². The van der Waals surface area contributed by atoms with Gasteiger partial charge in [-0.2, -0.15) is 0 Å². The summed E-state index contributed by atoms with van der Waals surface area (Å²) in [6.07, 6.45) is 0.699. The van der Waals surface area contributed by atoms with Crippen LogP contribution in [0, 0.1) is 0 Å². The van der Waals surface area contributed by atoms with Gasteiger partial charge >= 0.3 is 11.8 Å². The highest BCUT2D eigenvalue weighted by atomic mass is 35.5. The van der Waals surface area contributed by atoms with E-state index in [1.54, 1.807) is 12.1 Å². The zero-order valence-electron chi connectivity index (χ0n) is 16.0. The molecule has 3 aromatic rings. The smallest absolute Gasteiger partial charge is 0.309 e. The first-order valence-corrected chi connectivity index (χ1v) is 9.91. The summed E-state index contributed by atoms with van der Waals surface area (Å²) in [6.45, 7) is 0.682. The minimum Gasteiger partial charge on any atom is -0.348 e. The van der Waals surface area contributed by atoms with Crippen molar-refractivity contribution in [3.63, 3.8) is 0 Å². The number of amides is 2. The number of benzene rings is 3. The van der Waals surface area contributed by atoms with Crippen molar-refractivity contribution in [2.45, 2.75) is 18.9 Å². The second kappa shape index (κ2) is 10.4. The molecule has 0 radical (unpaired) electrons. The first-order chi connectivity index (χ1) is 14.1. The molecule has 0 atom stereocenters. The summed E-state index contributed by atoms with van der Waals surface area (Å²) in [6, 6.07) is 27.4. The van der Waals surface area contributed by atoms with Gasteiger partial charge in [-0.3, -0.25) is 9.59 Å². The first-order valence-electron chi connectivity index (χ1n) is 9.54. The van der Waals surface area contributed by atoms with Gasteiger partial charge in [0, 0.05) is 24.0 Å². The third kappa shape index (κ3) is 6.19. The lowest BCUT2D eigenvalue weighted by Crippen LogP contribution is -2.40. The minimum absolute atomic E-state index is 0.148. The van der Waals surface area contributed by atoms with Crippen molar-refractivity contribution in [1.29, 1.82) is 0 Å². The molecule has 0 aromatic heterocycles. The lowest BCUT2D eigenvalue weighted by molar-refractivity contribution is -0.139. The number of nitrogens with one attached hydrogen (secondary N) is 2. The molecule has 148 valence electrons. The van der Waals surface area contributed by atoms with E-state index in [1.807, 2.05) is 48.5 Å². The molecule has 0 unspecified atom stereocenters. The maximum Gasteiger partial charge on any atom is 0.309 e. The quantitative estimate of drug-likeness (QED) is 0.575. The standard InChI is InChI=1S/C24H23ClN2O2/c25-21-13-11-18(12-14-21)17-27-24(29)23(28)26-16-15-22(19-7-3-1-4-8-19)20-9-5-2-6-10-20/h1-14,22H,15-17H2,(H,26,28)(H,27,29). The van der Waals surface area contributed by atoms with Crippen LogP contribution in [0.25, 0.3) is 0 Å². The van der Waals surface area contributed by atoms with Crippen molar-refractivity contribution in [1.82, 2.24) is 10.6 Å². The monoisotopic (exact) mass is 406 g/mol. The zero-order valence-corrected chi connectivity index (χ0v) is 16.7. The van der Waals surface area contributed by atoms with E-state index in [2.05, 4.69) is 34.9 Å². The van der Waals surface area contributed by atoms with Crippen molar-refractivity contribution >= 4 is 23.4 Å².